The normalized spacial score (nSPS) is 15.7. The number of aromatic nitrogens is 2. The Bertz CT molecular complexity index is 785. The van der Waals surface area contributed by atoms with Crippen molar-refractivity contribution in [3.8, 4) is 0 Å². The Labute approximate surface area is 169 Å². The number of halogens is 1. The average molecular weight is 411 g/mol. The van der Waals surface area contributed by atoms with E-state index in [4.69, 9.17) is 21.3 Å². The van der Waals surface area contributed by atoms with Crippen molar-refractivity contribution >= 4 is 46.1 Å². The van der Waals surface area contributed by atoms with Crippen LogP contribution < -0.4 is 4.90 Å². The molecule has 1 aromatic carbocycles. The number of H-pyrrole nitrogens is 1. The third-order valence-corrected chi connectivity index (χ3v) is 6.73. The van der Waals surface area contributed by atoms with Crippen LogP contribution in [0.15, 0.2) is 17.3 Å². The van der Waals surface area contributed by atoms with Gasteiger partial charge in [-0.15, -0.1) is 0 Å². The van der Waals surface area contributed by atoms with Crippen LogP contribution in [0.1, 0.15) is 26.7 Å². The largest absolute Gasteiger partial charge is 0.468 e. The minimum Gasteiger partial charge on any atom is -0.468 e. The molecule has 148 valence electrons. The van der Waals surface area contributed by atoms with E-state index in [2.05, 4.69) is 34.7 Å². The number of imidazole rings is 1. The van der Waals surface area contributed by atoms with Crippen LogP contribution in [0.5, 0.6) is 0 Å². The van der Waals surface area contributed by atoms with Gasteiger partial charge in [-0.05, 0) is 25.0 Å². The first-order valence-electron chi connectivity index (χ1n) is 9.44. The molecule has 2 heterocycles. The molecule has 0 aliphatic carbocycles. The van der Waals surface area contributed by atoms with Crippen molar-refractivity contribution in [1.29, 1.82) is 0 Å². The lowest BCUT2D eigenvalue weighted by Crippen LogP contribution is -2.48. The summed E-state index contributed by atoms with van der Waals surface area (Å²) in [5.74, 6) is -0.193. The van der Waals surface area contributed by atoms with Crippen molar-refractivity contribution in [3.63, 3.8) is 0 Å². The van der Waals surface area contributed by atoms with Gasteiger partial charge >= 0.3 is 5.97 Å². The number of aromatic amines is 1. The number of hydrogen-bond donors (Lipinski definition) is 1. The number of methoxy groups -OCH3 is 1. The maximum Gasteiger partial charge on any atom is 0.319 e. The molecule has 0 radical (unpaired) electrons. The van der Waals surface area contributed by atoms with Gasteiger partial charge in [-0.25, -0.2) is 4.98 Å². The monoisotopic (exact) mass is 410 g/mol. The molecule has 1 N–H and O–H groups in total. The van der Waals surface area contributed by atoms with Gasteiger partial charge in [-0.1, -0.05) is 37.2 Å². The molecule has 1 saturated heterocycles. The first kappa shape index (κ1) is 20.3. The number of nitrogens with zero attached hydrogens (tertiary/aromatic N) is 3. The Morgan fingerprint density at radius 1 is 1.30 bits per heavy atom. The molecule has 0 atom stereocenters. The lowest BCUT2D eigenvalue weighted by Gasteiger charge is -2.35. The highest BCUT2D eigenvalue weighted by Gasteiger charge is 2.22. The van der Waals surface area contributed by atoms with Crippen molar-refractivity contribution in [3.05, 3.63) is 17.2 Å². The third-order valence-electron chi connectivity index (χ3n) is 5.01. The summed E-state index contributed by atoms with van der Waals surface area (Å²) in [6.07, 6.45) is 2.25. The summed E-state index contributed by atoms with van der Waals surface area (Å²) in [5, 5.41) is 2.25. The number of fused-ring (bicyclic) bond motifs is 1. The summed E-state index contributed by atoms with van der Waals surface area (Å²) in [5.41, 5.74) is 2.92. The standard InChI is InChI=1S/C19H27ClN4O2S/c1-4-13(5-2)27-19-21-15-10-14(20)17(11-16(15)22-19)24-8-6-23(7-9-24)12-18(25)26-3/h10-11,13H,4-9,12H2,1-3H3,(H,21,22). The van der Waals surface area contributed by atoms with Gasteiger partial charge in [0, 0.05) is 31.4 Å². The predicted octanol–water partition coefficient (Wildman–Crippen LogP) is 3.79. The van der Waals surface area contributed by atoms with E-state index < -0.39 is 0 Å². The molecule has 0 unspecified atom stereocenters. The van der Waals surface area contributed by atoms with Gasteiger partial charge in [0.05, 0.1) is 35.4 Å². The number of esters is 1. The van der Waals surface area contributed by atoms with Crippen molar-refractivity contribution in [1.82, 2.24) is 14.9 Å². The first-order chi connectivity index (χ1) is 13.0. The minimum absolute atomic E-state index is 0.193. The van der Waals surface area contributed by atoms with E-state index in [1.54, 1.807) is 11.8 Å². The fraction of sp³-hybridized carbons (Fsp3) is 0.579. The summed E-state index contributed by atoms with van der Waals surface area (Å²) in [4.78, 5) is 24.0. The highest BCUT2D eigenvalue weighted by molar-refractivity contribution is 7.99. The number of piperazine rings is 1. The Morgan fingerprint density at radius 2 is 2.00 bits per heavy atom. The Balaban J connectivity index is 1.72. The average Bonchev–Trinajstić information content (AvgIpc) is 3.07. The van der Waals surface area contributed by atoms with Crippen LogP contribution in [0.25, 0.3) is 11.0 Å². The molecule has 8 heteroatoms. The molecule has 27 heavy (non-hydrogen) atoms. The quantitative estimate of drug-likeness (QED) is 0.553. The molecule has 3 rings (SSSR count). The lowest BCUT2D eigenvalue weighted by atomic mass is 10.2. The molecule has 1 aliphatic rings. The molecule has 0 spiro atoms. The predicted molar refractivity (Wildman–Crippen MR) is 112 cm³/mol. The first-order valence-corrected chi connectivity index (χ1v) is 10.7. The van der Waals surface area contributed by atoms with E-state index in [9.17, 15) is 4.79 Å². The van der Waals surface area contributed by atoms with Gasteiger partial charge < -0.3 is 14.6 Å². The number of rotatable bonds is 7. The Kier molecular flexibility index (Phi) is 6.89. The fourth-order valence-electron chi connectivity index (χ4n) is 3.30. The smallest absolute Gasteiger partial charge is 0.319 e. The number of hydrogen-bond acceptors (Lipinski definition) is 6. The summed E-state index contributed by atoms with van der Waals surface area (Å²) in [6.45, 7) is 8.01. The SMILES string of the molecule is CCC(CC)Sc1nc2cc(N3CCN(CC(=O)OC)CC3)c(Cl)cc2[nH]1. The number of carbonyl (C=O) groups excluding carboxylic acids is 1. The van der Waals surface area contributed by atoms with Crippen molar-refractivity contribution < 1.29 is 9.53 Å². The number of ether oxygens (including phenoxy) is 1. The highest BCUT2D eigenvalue weighted by atomic mass is 35.5. The number of nitrogens with one attached hydrogen (secondary N) is 1. The highest BCUT2D eigenvalue weighted by Crippen LogP contribution is 2.33. The number of thioether (sulfide) groups is 1. The lowest BCUT2D eigenvalue weighted by molar-refractivity contribution is -0.142. The van der Waals surface area contributed by atoms with E-state index in [1.165, 1.54) is 7.11 Å². The molecule has 1 fully saturated rings. The minimum atomic E-state index is -0.193. The summed E-state index contributed by atoms with van der Waals surface area (Å²) >= 11 is 8.36. The van der Waals surface area contributed by atoms with E-state index >= 15 is 0 Å². The zero-order valence-corrected chi connectivity index (χ0v) is 17.7. The van der Waals surface area contributed by atoms with Crippen molar-refractivity contribution in [2.75, 3.05) is 44.7 Å². The molecule has 0 saturated carbocycles. The Hall–Kier alpha value is -1.44. The summed E-state index contributed by atoms with van der Waals surface area (Å²) in [6, 6.07) is 4.04. The second kappa shape index (κ2) is 9.17. The van der Waals surface area contributed by atoms with Crippen LogP contribution in [0.2, 0.25) is 5.02 Å². The summed E-state index contributed by atoms with van der Waals surface area (Å²) < 4.78 is 4.75. The van der Waals surface area contributed by atoms with Gasteiger partial charge in [0.25, 0.3) is 0 Å². The molecule has 6 nitrogen and oxygen atoms in total. The zero-order valence-electron chi connectivity index (χ0n) is 16.1. The van der Waals surface area contributed by atoms with E-state index in [-0.39, 0.29) is 5.97 Å². The van der Waals surface area contributed by atoms with Crippen LogP contribution in [0.3, 0.4) is 0 Å². The molecular weight excluding hydrogens is 384 g/mol. The van der Waals surface area contributed by atoms with Crippen LogP contribution in [-0.4, -0.2) is 65.9 Å². The fourth-order valence-corrected chi connectivity index (χ4v) is 4.55. The van der Waals surface area contributed by atoms with E-state index in [0.29, 0.717) is 11.8 Å². The molecule has 2 aromatic rings. The van der Waals surface area contributed by atoms with Crippen molar-refractivity contribution in [2.45, 2.75) is 37.1 Å². The van der Waals surface area contributed by atoms with Gasteiger partial charge in [-0.2, -0.15) is 0 Å². The molecular formula is C19H27ClN4O2S. The maximum atomic E-state index is 11.4. The third kappa shape index (κ3) is 4.89. The molecule has 0 amide bonds. The van der Waals surface area contributed by atoms with Crippen LogP contribution in [-0.2, 0) is 9.53 Å². The number of anilines is 1. The summed E-state index contributed by atoms with van der Waals surface area (Å²) in [7, 11) is 1.42. The topological polar surface area (TPSA) is 61.5 Å². The number of benzene rings is 1. The van der Waals surface area contributed by atoms with E-state index in [0.717, 1.165) is 65.9 Å². The van der Waals surface area contributed by atoms with Crippen LogP contribution in [0, 0.1) is 0 Å². The van der Waals surface area contributed by atoms with E-state index in [1.807, 2.05) is 6.07 Å². The number of carbonyl (C=O) groups is 1. The van der Waals surface area contributed by atoms with Crippen LogP contribution >= 0.6 is 23.4 Å². The van der Waals surface area contributed by atoms with Gasteiger partial charge in [0.2, 0.25) is 0 Å². The maximum absolute atomic E-state index is 11.4. The van der Waals surface area contributed by atoms with Crippen molar-refractivity contribution in [2.24, 2.45) is 0 Å². The van der Waals surface area contributed by atoms with Crippen LogP contribution in [0.4, 0.5) is 5.69 Å². The molecule has 0 bridgehead atoms. The molecule has 1 aromatic heterocycles. The Morgan fingerprint density at radius 3 is 2.63 bits per heavy atom. The van der Waals surface area contributed by atoms with Gasteiger partial charge in [-0.3, -0.25) is 9.69 Å². The van der Waals surface area contributed by atoms with Gasteiger partial charge in [0.15, 0.2) is 5.16 Å². The second-order valence-electron chi connectivity index (χ2n) is 6.76. The molecule has 1 aliphatic heterocycles. The zero-order chi connectivity index (χ0) is 19.4. The van der Waals surface area contributed by atoms with Gasteiger partial charge in [0.1, 0.15) is 0 Å². The second-order valence-corrected chi connectivity index (χ2v) is 8.45.